The largest absolute Gasteiger partial charge is 0.481 e. The summed E-state index contributed by atoms with van der Waals surface area (Å²) < 4.78 is 131. The number of aromatic nitrogens is 12. The molecule has 0 aliphatic heterocycles. The number of tetrazole rings is 2. The summed E-state index contributed by atoms with van der Waals surface area (Å²) >= 11 is 0. The smallest absolute Gasteiger partial charge is 0.339 e. The molecule has 0 bridgehead atoms. The highest BCUT2D eigenvalue weighted by atomic mass is 33.1. The number of carboxylic acids is 3. The third kappa shape index (κ3) is 16.4. The van der Waals surface area contributed by atoms with Crippen LogP contribution in [-0.2, 0) is 55.6 Å². The molecule has 0 radical (unpaired) electrons. The van der Waals surface area contributed by atoms with Crippen LogP contribution in [0, 0.1) is 41.8 Å². The van der Waals surface area contributed by atoms with E-state index in [2.05, 4.69) is 66.1 Å². The van der Waals surface area contributed by atoms with Gasteiger partial charge in [0.25, 0.3) is 20.6 Å². The fourth-order valence-corrected chi connectivity index (χ4v) is 11.8. The highest BCUT2D eigenvalue weighted by Crippen LogP contribution is 2.46. The predicted octanol–water partition coefficient (Wildman–Crippen LogP) is 7.60. The van der Waals surface area contributed by atoms with Crippen molar-refractivity contribution >= 4 is 92.8 Å². The Hall–Kier alpha value is -6.94. The van der Waals surface area contributed by atoms with Crippen LogP contribution >= 0.6 is 64.8 Å². The zero-order valence-electron chi connectivity index (χ0n) is 39.4. The summed E-state index contributed by atoms with van der Waals surface area (Å²) in [5.41, 5.74) is -3.07. The van der Waals surface area contributed by atoms with Crippen molar-refractivity contribution in [2.24, 2.45) is 0 Å². The first kappa shape index (κ1) is 63.2. The molecule has 0 unspecified atom stereocenters. The van der Waals surface area contributed by atoms with Gasteiger partial charge in [-0.05, 0) is 107 Å². The molecule has 0 saturated heterocycles. The second-order valence-corrected chi connectivity index (χ2v) is 22.2. The van der Waals surface area contributed by atoms with Crippen molar-refractivity contribution in [3.05, 3.63) is 123 Å². The van der Waals surface area contributed by atoms with Gasteiger partial charge in [0.2, 0.25) is 22.1 Å². The Morgan fingerprint density at radius 1 is 0.593 bits per heavy atom. The van der Waals surface area contributed by atoms with Crippen molar-refractivity contribution in [3.63, 3.8) is 0 Å². The molecule has 8 aromatic rings. The van der Waals surface area contributed by atoms with E-state index in [1.54, 1.807) is 10.7 Å². The Labute approximate surface area is 468 Å². The number of carbonyl (C=O) groups is 3. The maximum absolute atomic E-state index is 14.6. The van der Waals surface area contributed by atoms with Gasteiger partial charge >= 0.3 is 17.9 Å². The summed E-state index contributed by atoms with van der Waals surface area (Å²) in [6.45, 7) is -0.122. The lowest BCUT2D eigenvalue weighted by Gasteiger charge is -2.15. The molecule has 8 rings (SSSR count). The molecule has 430 valence electrons. The van der Waals surface area contributed by atoms with Gasteiger partial charge in [0.1, 0.15) is 36.6 Å². The van der Waals surface area contributed by atoms with E-state index in [4.69, 9.17) is 39.9 Å². The van der Waals surface area contributed by atoms with Crippen LogP contribution in [0.3, 0.4) is 0 Å². The molecule has 0 fully saturated rings. The van der Waals surface area contributed by atoms with E-state index in [0.29, 0.717) is 21.9 Å². The number of aryl methyl sites for hydroxylation is 1. The van der Waals surface area contributed by atoms with E-state index >= 15 is 0 Å². The van der Waals surface area contributed by atoms with Gasteiger partial charge in [0, 0.05) is 32.7 Å². The second-order valence-electron chi connectivity index (χ2n) is 14.5. The molecule has 0 amide bonds. The van der Waals surface area contributed by atoms with Gasteiger partial charge in [0.05, 0.1) is 39.1 Å². The molecule has 29 nitrogen and oxygen atoms in total. The standard InChI is InChI=1S/C16H8F6O8S2.C15H12N8O3S3.C8H8N4O6S2/c17-7-3(1-29-27)4(2-30-28)8(18)13(11(7)21)31-32-14-10(20)6(16(25)26)5(15(23)24)9(19)12(14)22;1-10-4-2-5-11(8-10)22-14(16-18-20-22)27-28-15-17-19-21-23(15)12-6-3-7-13(9-12)29(24,25)26;13-6(14)3-5-10-12-8(18-5)20-19-7-11-9-4(17-7)1-2-16-15/h27-28H,1-2H2,(H,23,24)(H,25,26);2-9H,1H3,(H,24,25,26);15H,1-3H2,(H,13,14). The van der Waals surface area contributed by atoms with Crippen LogP contribution in [0.2, 0.25) is 0 Å². The van der Waals surface area contributed by atoms with Crippen molar-refractivity contribution in [3.8, 4) is 11.4 Å². The maximum Gasteiger partial charge on any atom is 0.339 e. The fraction of sp³-hybridized carbons (Fsp3) is 0.154. The Bertz CT molecular complexity index is 3680. The van der Waals surface area contributed by atoms with Crippen molar-refractivity contribution in [2.45, 2.75) is 68.4 Å². The normalized spacial score (nSPS) is 11.2. The van der Waals surface area contributed by atoms with Crippen molar-refractivity contribution < 1.29 is 108 Å². The molecular formula is C39H28F6N12O17S7. The topological polar surface area (TPSA) is 420 Å². The van der Waals surface area contributed by atoms with Crippen LogP contribution in [0.25, 0.3) is 11.4 Å². The first-order chi connectivity index (χ1) is 38.6. The van der Waals surface area contributed by atoms with Crippen LogP contribution < -0.4 is 0 Å². The molecule has 42 heteroatoms. The number of aromatic carboxylic acids is 2. The first-order valence-electron chi connectivity index (χ1n) is 20.8. The zero-order valence-corrected chi connectivity index (χ0v) is 45.1. The average molecular weight is 1280 g/mol. The highest BCUT2D eigenvalue weighted by Gasteiger charge is 2.34. The molecular weight excluding hydrogens is 1250 g/mol. The zero-order chi connectivity index (χ0) is 59.1. The van der Waals surface area contributed by atoms with E-state index in [1.165, 1.54) is 44.5 Å². The average Bonchev–Trinajstić information content (AvgIpc) is 4.39. The van der Waals surface area contributed by atoms with Crippen LogP contribution in [-0.4, -0.2) is 129 Å². The van der Waals surface area contributed by atoms with Gasteiger partial charge < -0.3 is 24.2 Å². The van der Waals surface area contributed by atoms with E-state index in [1.807, 2.05) is 31.2 Å². The number of hydrogen-bond donors (Lipinski definition) is 7. The van der Waals surface area contributed by atoms with Crippen molar-refractivity contribution in [1.82, 2.24) is 60.8 Å². The molecule has 7 N–H and O–H groups in total. The van der Waals surface area contributed by atoms with Crippen molar-refractivity contribution in [1.29, 1.82) is 0 Å². The molecule has 0 aliphatic carbocycles. The van der Waals surface area contributed by atoms with Crippen LogP contribution in [0.15, 0.2) is 92.8 Å². The third-order valence-corrected chi connectivity index (χ3v) is 16.4. The molecule has 81 heavy (non-hydrogen) atoms. The maximum atomic E-state index is 14.6. The Kier molecular flexibility index (Phi) is 22.8. The van der Waals surface area contributed by atoms with Gasteiger partial charge in [-0.2, -0.15) is 17.8 Å². The van der Waals surface area contributed by atoms with Crippen LogP contribution in [0.4, 0.5) is 26.3 Å². The molecule has 0 atom stereocenters. The quantitative estimate of drug-likeness (QED) is 0.00809. The van der Waals surface area contributed by atoms with Gasteiger partial charge in [0.15, 0.2) is 29.1 Å². The SMILES string of the molecule is Cc1cccc(-n2nnnc2SSc2nnnn2-c2cccc(S(=O)(=O)O)c2)c1.O=C(O)Cc1nnc(SSc2nnc(CCOO)o2)o1.O=C(O)c1c(F)c(F)c(SSc2c(F)c(F)c(COO)c(COO)c2F)c(F)c1C(=O)O. The number of aliphatic carboxylic acids is 1. The monoisotopic (exact) mass is 1270 g/mol. The minimum absolute atomic E-state index is 0.0203. The molecule has 0 aliphatic rings. The summed E-state index contributed by atoms with van der Waals surface area (Å²) in [5, 5.41) is 90.8. The minimum Gasteiger partial charge on any atom is -0.481 e. The van der Waals surface area contributed by atoms with E-state index in [0.717, 1.165) is 32.8 Å². The number of hydrogen-bond acceptors (Lipinski definition) is 29. The Morgan fingerprint density at radius 2 is 1.09 bits per heavy atom. The molecule has 4 aromatic carbocycles. The lowest BCUT2D eigenvalue weighted by molar-refractivity contribution is -0.259. The third-order valence-electron chi connectivity index (χ3n) is 9.29. The number of carboxylic acid groups (broad SMARTS) is 3. The lowest BCUT2D eigenvalue weighted by atomic mass is 10.1. The molecule has 0 saturated carbocycles. The number of nitrogens with zero attached hydrogens (tertiary/aromatic N) is 12. The lowest BCUT2D eigenvalue weighted by Crippen LogP contribution is -2.16. The number of benzene rings is 4. The Morgan fingerprint density at radius 3 is 1.60 bits per heavy atom. The molecule has 4 aromatic heterocycles. The summed E-state index contributed by atoms with van der Waals surface area (Å²) in [6.07, 6.45) is -0.0395. The summed E-state index contributed by atoms with van der Waals surface area (Å²) in [5.74, 6) is -17.1. The van der Waals surface area contributed by atoms with Crippen LogP contribution in [0.5, 0.6) is 0 Å². The molecule has 0 spiro atoms. The number of rotatable bonds is 23. The summed E-state index contributed by atoms with van der Waals surface area (Å²) in [7, 11) is -0.247. The summed E-state index contributed by atoms with van der Waals surface area (Å²) in [6, 6.07) is 13.4. The van der Waals surface area contributed by atoms with Gasteiger partial charge in [-0.25, -0.2) is 50.6 Å². The van der Waals surface area contributed by atoms with Crippen LogP contribution in [0.1, 0.15) is 49.2 Å². The van der Waals surface area contributed by atoms with Gasteiger partial charge in [-0.15, -0.1) is 30.6 Å². The Balaban J connectivity index is 0.000000201. The van der Waals surface area contributed by atoms with Gasteiger partial charge in [-0.1, -0.05) is 18.2 Å². The van der Waals surface area contributed by atoms with Crippen molar-refractivity contribution in [2.75, 3.05) is 6.61 Å². The predicted molar refractivity (Wildman–Crippen MR) is 262 cm³/mol. The van der Waals surface area contributed by atoms with E-state index in [9.17, 15) is 53.7 Å². The molecule has 4 heterocycles. The second kappa shape index (κ2) is 29.2. The first-order valence-corrected chi connectivity index (χ1v) is 28.7. The highest BCUT2D eigenvalue weighted by molar-refractivity contribution is 8.77. The van der Waals surface area contributed by atoms with Gasteiger partial charge in [-0.3, -0.25) is 25.1 Å². The van der Waals surface area contributed by atoms with E-state index < -0.39 is 108 Å². The fourth-order valence-electron chi connectivity index (χ4n) is 5.88. The number of halogens is 6. The van der Waals surface area contributed by atoms with E-state index in [-0.39, 0.29) is 62.3 Å². The summed E-state index contributed by atoms with van der Waals surface area (Å²) in [4.78, 5) is 40.8. The minimum atomic E-state index is -4.34.